The minimum absolute atomic E-state index is 0.228. The van der Waals surface area contributed by atoms with Crippen LogP contribution in [0.15, 0.2) is 24.3 Å². The van der Waals surface area contributed by atoms with Crippen molar-refractivity contribution in [3.63, 3.8) is 0 Å². The van der Waals surface area contributed by atoms with Crippen LogP contribution in [0.3, 0.4) is 0 Å². The number of nitrogens with zero attached hydrogens (tertiary/aromatic N) is 1. The van der Waals surface area contributed by atoms with Gasteiger partial charge in [-0.2, -0.15) is 0 Å². The Balaban J connectivity index is 2.16. The summed E-state index contributed by atoms with van der Waals surface area (Å²) >= 11 is 13.1. The molecule has 2 rings (SSSR count). The van der Waals surface area contributed by atoms with E-state index in [1.54, 1.807) is 0 Å². The second kappa shape index (κ2) is 7.90. The van der Waals surface area contributed by atoms with Gasteiger partial charge in [0.15, 0.2) is 5.11 Å². The van der Waals surface area contributed by atoms with Gasteiger partial charge in [0.2, 0.25) is 0 Å². The van der Waals surface area contributed by atoms with Crippen LogP contribution in [0.2, 0.25) is 5.02 Å². The summed E-state index contributed by atoms with van der Waals surface area (Å²) in [7, 11) is 0. The van der Waals surface area contributed by atoms with Crippen molar-refractivity contribution in [3.05, 3.63) is 34.2 Å². The Bertz CT molecular complexity index is 678. The van der Waals surface area contributed by atoms with Crippen molar-refractivity contribution in [2.24, 2.45) is 0 Å². The van der Waals surface area contributed by atoms with Crippen LogP contribution in [0.4, 0.5) is 0 Å². The highest BCUT2D eigenvalue weighted by atomic mass is 35.5. The smallest absolute Gasteiger partial charge is 0.269 e. The maximum absolute atomic E-state index is 12.5. The predicted octanol–water partition coefficient (Wildman–Crippen LogP) is 4.69. The second-order valence-electron chi connectivity index (χ2n) is 4.99. The lowest BCUT2D eigenvalue weighted by Crippen LogP contribution is -2.43. The van der Waals surface area contributed by atoms with Crippen molar-refractivity contribution < 1.29 is 4.79 Å². The lowest BCUT2D eigenvalue weighted by Gasteiger charge is -2.24. The summed E-state index contributed by atoms with van der Waals surface area (Å²) in [5.41, 5.74) is 0. The van der Waals surface area contributed by atoms with Crippen LogP contribution in [0.25, 0.3) is 10.1 Å². The third kappa shape index (κ3) is 3.77. The molecule has 0 saturated carbocycles. The summed E-state index contributed by atoms with van der Waals surface area (Å²) < 4.78 is 1.00. The third-order valence-corrected chi connectivity index (χ3v) is 5.27. The molecule has 22 heavy (non-hydrogen) atoms. The fraction of sp³-hybridized carbons (Fsp3) is 0.375. The minimum atomic E-state index is -0.228. The molecule has 3 nitrogen and oxygen atoms in total. The Labute approximate surface area is 145 Å². The molecule has 0 saturated heterocycles. The summed E-state index contributed by atoms with van der Waals surface area (Å²) in [6, 6.07) is 7.73. The maximum atomic E-state index is 12.5. The molecular weight excluding hydrogens is 336 g/mol. The van der Waals surface area contributed by atoms with Gasteiger partial charge in [-0.3, -0.25) is 10.1 Å². The first-order valence-electron chi connectivity index (χ1n) is 7.35. The first kappa shape index (κ1) is 17.2. The Morgan fingerprint density at radius 3 is 2.50 bits per heavy atom. The molecule has 6 heteroatoms. The van der Waals surface area contributed by atoms with Crippen molar-refractivity contribution in [1.82, 2.24) is 10.2 Å². The number of hydrogen-bond donors (Lipinski definition) is 1. The number of amides is 1. The van der Waals surface area contributed by atoms with Crippen molar-refractivity contribution in [2.45, 2.75) is 26.7 Å². The van der Waals surface area contributed by atoms with Gasteiger partial charge in [-0.25, -0.2) is 0 Å². The van der Waals surface area contributed by atoms with E-state index >= 15 is 0 Å². The fourth-order valence-corrected chi connectivity index (χ4v) is 3.94. The van der Waals surface area contributed by atoms with Crippen molar-refractivity contribution in [2.75, 3.05) is 13.1 Å². The number of fused-ring (bicyclic) bond motifs is 1. The van der Waals surface area contributed by atoms with Crippen molar-refractivity contribution in [3.8, 4) is 0 Å². The number of benzene rings is 1. The van der Waals surface area contributed by atoms with Crippen LogP contribution < -0.4 is 5.32 Å². The monoisotopic (exact) mass is 354 g/mol. The van der Waals surface area contributed by atoms with Crippen molar-refractivity contribution in [1.29, 1.82) is 0 Å². The topological polar surface area (TPSA) is 32.3 Å². The molecule has 1 amide bonds. The van der Waals surface area contributed by atoms with Gasteiger partial charge in [0.05, 0.1) is 5.02 Å². The SMILES string of the molecule is CCCN(CCC)C(=S)NC(=O)c1sc2ccccc2c1Cl. The van der Waals surface area contributed by atoms with Crippen LogP contribution in [0.1, 0.15) is 36.4 Å². The Hall–Kier alpha value is -1.17. The van der Waals surface area contributed by atoms with E-state index in [-0.39, 0.29) is 5.91 Å². The van der Waals surface area contributed by atoms with E-state index in [9.17, 15) is 4.79 Å². The molecule has 0 spiro atoms. The predicted molar refractivity (Wildman–Crippen MR) is 99.1 cm³/mol. The standard InChI is InChI=1S/C16H19ClN2OS2/c1-3-9-19(10-4-2)16(21)18-15(20)14-13(17)11-7-5-6-8-12(11)22-14/h5-8H,3-4,9-10H2,1-2H3,(H,18,20,21). The summed E-state index contributed by atoms with van der Waals surface area (Å²) in [4.78, 5) is 15.0. The average molecular weight is 355 g/mol. The summed E-state index contributed by atoms with van der Waals surface area (Å²) in [5, 5.41) is 4.69. The molecule has 0 unspecified atom stereocenters. The second-order valence-corrected chi connectivity index (χ2v) is 6.80. The van der Waals surface area contributed by atoms with Crippen LogP contribution in [0, 0.1) is 0 Å². The molecule has 1 aromatic carbocycles. The zero-order valence-corrected chi connectivity index (χ0v) is 15.1. The molecule has 0 bridgehead atoms. The van der Waals surface area contributed by atoms with Gasteiger partial charge in [-0.1, -0.05) is 43.6 Å². The van der Waals surface area contributed by atoms with E-state index in [4.69, 9.17) is 23.8 Å². The molecule has 0 fully saturated rings. The van der Waals surface area contributed by atoms with Crippen LogP contribution >= 0.6 is 35.2 Å². The van der Waals surface area contributed by atoms with Crippen LogP contribution in [0.5, 0.6) is 0 Å². The molecule has 1 aromatic heterocycles. The number of nitrogens with one attached hydrogen (secondary N) is 1. The summed E-state index contributed by atoms with van der Waals surface area (Å²) in [5.74, 6) is -0.228. The molecule has 0 aliphatic rings. The first-order chi connectivity index (χ1) is 10.6. The molecule has 1 heterocycles. The van der Waals surface area contributed by atoms with Gasteiger partial charge in [-0.05, 0) is 31.1 Å². The lowest BCUT2D eigenvalue weighted by molar-refractivity contribution is 0.0977. The van der Waals surface area contributed by atoms with Gasteiger partial charge < -0.3 is 4.90 Å². The van der Waals surface area contributed by atoms with Crippen LogP contribution in [-0.4, -0.2) is 29.0 Å². The van der Waals surface area contributed by atoms with Gasteiger partial charge in [0, 0.05) is 23.2 Å². The van der Waals surface area contributed by atoms with Crippen LogP contribution in [-0.2, 0) is 0 Å². The highest BCUT2D eigenvalue weighted by Gasteiger charge is 2.19. The number of rotatable bonds is 5. The Morgan fingerprint density at radius 2 is 1.91 bits per heavy atom. The molecular formula is C16H19ClN2OS2. The Morgan fingerprint density at radius 1 is 1.27 bits per heavy atom. The normalized spacial score (nSPS) is 10.7. The molecule has 0 atom stereocenters. The number of carbonyl (C=O) groups is 1. The Kier molecular flexibility index (Phi) is 6.17. The summed E-state index contributed by atoms with van der Waals surface area (Å²) in [6.07, 6.45) is 1.97. The quantitative estimate of drug-likeness (QED) is 0.790. The highest BCUT2D eigenvalue weighted by molar-refractivity contribution is 7.80. The molecule has 118 valence electrons. The minimum Gasteiger partial charge on any atom is -0.349 e. The van der Waals surface area contributed by atoms with Crippen molar-refractivity contribution >= 4 is 56.3 Å². The number of hydrogen-bond acceptors (Lipinski definition) is 3. The van der Waals surface area contributed by atoms with E-state index in [0.29, 0.717) is 15.0 Å². The molecule has 1 N–H and O–H groups in total. The molecule has 2 aromatic rings. The van der Waals surface area contributed by atoms with E-state index < -0.39 is 0 Å². The number of thiocarbonyl (C=S) groups is 1. The number of thiophene rings is 1. The van der Waals surface area contributed by atoms with Gasteiger partial charge in [0.25, 0.3) is 5.91 Å². The largest absolute Gasteiger partial charge is 0.349 e. The lowest BCUT2D eigenvalue weighted by atomic mass is 10.2. The van der Waals surface area contributed by atoms with E-state index in [1.165, 1.54) is 11.3 Å². The van der Waals surface area contributed by atoms with E-state index in [1.807, 2.05) is 29.2 Å². The zero-order valence-electron chi connectivity index (χ0n) is 12.7. The third-order valence-electron chi connectivity index (χ3n) is 3.24. The number of carbonyl (C=O) groups excluding carboxylic acids is 1. The summed E-state index contributed by atoms with van der Waals surface area (Å²) in [6.45, 7) is 5.87. The molecule has 0 aliphatic heterocycles. The number of halogens is 1. The van der Waals surface area contributed by atoms with Gasteiger partial charge >= 0.3 is 0 Å². The highest BCUT2D eigenvalue weighted by Crippen LogP contribution is 2.34. The maximum Gasteiger partial charge on any atom is 0.269 e. The van der Waals surface area contributed by atoms with Gasteiger partial charge in [0.1, 0.15) is 4.88 Å². The molecule has 0 aliphatic carbocycles. The zero-order chi connectivity index (χ0) is 16.1. The van der Waals surface area contributed by atoms with Gasteiger partial charge in [-0.15, -0.1) is 11.3 Å². The van der Waals surface area contributed by atoms with E-state index in [2.05, 4.69) is 19.2 Å². The average Bonchev–Trinajstić information content (AvgIpc) is 2.85. The first-order valence-corrected chi connectivity index (χ1v) is 8.96. The van der Waals surface area contributed by atoms with E-state index in [0.717, 1.165) is 36.0 Å². The fourth-order valence-electron chi connectivity index (χ4n) is 2.25. The molecule has 0 radical (unpaired) electrons.